The van der Waals surface area contributed by atoms with Crippen LogP contribution in [-0.4, -0.2) is 34.7 Å². The van der Waals surface area contributed by atoms with E-state index in [9.17, 15) is 4.79 Å². The topological polar surface area (TPSA) is 49.3 Å². The molecule has 1 rings (SSSR count). The second-order valence-electron chi connectivity index (χ2n) is 4.04. The van der Waals surface area contributed by atoms with Crippen molar-refractivity contribution in [2.45, 2.75) is 50.3 Å². The minimum absolute atomic E-state index is 0.373. The van der Waals surface area contributed by atoms with Gasteiger partial charge >= 0.3 is 5.97 Å². The Kier molecular flexibility index (Phi) is 6.10. The highest BCUT2D eigenvalue weighted by Crippen LogP contribution is 2.28. The second-order valence-corrected chi connectivity index (χ2v) is 5.38. The van der Waals surface area contributed by atoms with Crippen LogP contribution in [0.1, 0.15) is 39.0 Å². The number of hydrogen-bond acceptors (Lipinski definition) is 3. The maximum Gasteiger partial charge on any atom is 0.321 e. The predicted octanol–water partition coefficient (Wildman–Crippen LogP) is 2.11. The zero-order valence-electron chi connectivity index (χ0n) is 9.37. The molecule has 0 heterocycles. The molecule has 1 atom stereocenters. The number of carbonyl (C=O) groups is 1. The van der Waals surface area contributed by atoms with Gasteiger partial charge in [0.05, 0.1) is 0 Å². The Labute approximate surface area is 96.0 Å². The van der Waals surface area contributed by atoms with Crippen LogP contribution in [0.3, 0.4) is 0 Å². The lowest BCUT2D eigenvalue weighted by atomic mass is 10.0. The molecule has 0 bridgehead atoms. The number of rotatable bonds is 6. The molecule has 1 unspecified atom stereocenters. The fourth-order valence-electron chi connectivity index (χ4n) is 1.93. The number of carboxylic acid groups (broad SMARTS) is 1. The monoisotopic (exact) mass is 231 g/mol. The Morgan fingerprint density at radius 1 is 1.47 bits per heavy atom. The van der Waals surface area contributed by atoms with Crippen molar-refractivity contribution in [2.75, 3.05) is 12.3 Å². The summed E-state index contributed by atoms with van der Waals surface area (Å²) in [5, 5.41) is 12.7. The largest absolute Gasteiger partial charge is 0.480 e. The van der Waals surface area contributed by atoms with Crippen LogP contribution < -0.4 is 5.32 Å². The molecule has 0 amide bonds. The molecular formula is C11H21NO2S. The highest BCUT2D eigenvalue weighted by Gasteiger charge is 2.20. The molecule has 0 aromatic heterocycles. The minimum Gasteiger partial charge on any atom is -0.480 e. The molecule has 3 nitrogen and oxygen atoms in total. The molecule has 0 saturated heterocycles. The Morgan fingerprint density at radius 3 is 2.67 bits per heavy atom. The van der Waals surface area contributed by atoms with Gasteiger partial charge in [-0.05, 0) is 19.4 Å². The molecule has 0 spiro atoms. The summed E-state index contributed by atoms with van der Waals surface area (Å²) >= 11 is 1.83. The van der Waals surface area contributed by atoms with Crippen LogP contribution in [0.15, 0.2) is 0 Å². The fourth-order valence-corrected chi connectivity index (χ4v) is 3.32. The van der Waals surface area contributed by atoms with Gasteiger partial charge in [-0.15, -0.1) is 0 Å². The first kappa shape index (κ1) is 12.8. The third kappa shape index (κ3) is 4.89. The average Bonchev–Trinajstić information content (AvgIpc) is 2.25. The van der Waals surface area contributed by atoms with Crippen LogP contribution in [0.5, 0.6) is 0 Å². The average molecular weight is 231 g/mol. The molecule has 0 aromatic carbocycles. The summed E-state index contributed by atoms with van der Waals surface area (Å²) in [6.07, 6.45) is 6.52. The van der Waals surface area contributed by atoms with E-state index in [0.29, 0.717) is 11.0 Å². The standard InChI is InChI=1S/C11H21NO2S/c1-2-12-10(11(13)14)8-15-9-6-4-3-5-7-9/h9-10,12H,2-8H2,1H3,(H,13,14). The van der Waals surface area contributed by atoms with Gasteiger partial charge in [0.1, 0.15) is 6.04 Å². The normalized spacial score (nSPS) is 20.1. The van der Waals surface area contributed by atoms with Crippen molar-refractivity contribution in [3.05, 3.63) is 0 Å². The summed E-state index contributed by atoms with van der Waals surface area (Å²) < 4.78 is 0. The summed E-state index contributed by atoms with van der Waals surface area (Å²) in [5.41, 5.74) is 0. The van der Waals surface area contributed by atoms with E-state index < -0.39 is 5.97 Å². The van der Waals surface area contributed by atoms with E-state index in [1.54, 1.807) is 0 Å². The molecule has 1 aliphatic rings. The number of carboxylic acids is 1. The van der Waals surface area contributed by atoms with Gasteiger partial charge in [0.2, 0.25) is 0 Å². The summed E-state index contributed by atoms with van der Waals surface area (Å²) in [7, 11) is 0. The first-order valence-electron chi connectivity index (χ1n) is 5.81. The molecular weight excluding hydrogens is 210 g/mol. The lowest BCUT2D eigenvalue weighted by Crippen LogP contribution is -2.39. The van der Waals surface area contributed by atoms with E-state index >= 15 is 0 Å². The maximum atomic E-state index is 10.9. The summed E-state index contributed by atoms with van der Waals surface area (Å²) in [6, 6.07) is -0.373. The highest BCUT2D eigenvalue weighted by atomic mass is 32.2. The SMILES string of the molecule is CCNC(CSC1CCCCC1)C(=O)O. The van der Waals surface area contributed by atoms with Crippen LogP contribution >= 0.6 is 11.8 Å². The first-order chi connectivity index (χ1) is 7.24. The predicted molar refractivity (Wildman–Crippen MR) is 64.4 cm³/mol. The van der Waals surface area contributed by atoms with Gasteiger partial charge in [-0.2, -0.15) is 11.8 Å². The van der Waals surface area contributed by atoms with E-state index in [1.807, 2.05) is 18.7 Å². The number of hydrogen-bond donors (Lipinski definition) is 2. The molecule has 1 fully saturated rings. The van der Waals surface area contributed by atoms with Gasteiger partial charge in [-0.3, -0.25) is 4.79 Å². The third-order valence-corrected chi connectivity index (χ3v) is 4.27. The maximum absolute atomic E-state index is 10.9. The van der Waals surface area contributed by atoms with E-state index in [1.165, 1.54) is 32.1 Å². The molecule has 88 valence electrons. The molecule has 1 saturated carbocycles. The molecule has 1 aliphatic carbocycles. The Bertz CT molecular complexity index is 193. The number of aliphatic carboxylic acids is 1. The zero-order chi connectivity index (χ0) is 11.1. The summed E-state index contributed by atoms with van der Waals surface area (Å²) in [6.45, 7) is 2.67. The lowest BCUT2D eigenvalue weighted by molar-refractivity contribution is -0.138. The number of thioether (sulfide) groups is 1. The van der Waals surface area contributed by atoms with E-state index in [0.717, 1.165) is 6.54 Å². The van der Waals surface area contributed by atoms with Gasteiger partial charge < -0.3 is 10.4 Å². The summed E-state index contributed by atoms with van der Waals surface area (Å²) in [5.74, 6) is -0.0199. The van der Waals surface area contributed by atoms with Gasteiger partial charge in [0, 0.05) is 11.0 Å². The number of nitrogens with one attached hydrogen (secondary N) is 1. The third-order valence-electron chi connectivity index (χ3n) is 2.80. The van der Waals surface area contributed by atoms with Crippen molar-refractivity contribution >= 4 is 17.7 Å². The fraction of sp³-hybridized carbons (Fsp3) is 0.909. The van der Waals surface area contributed by atoms with Crippen molar-refractivity contribution in [1.29, 1.82) is 0 Å². The quantitative estimate of drug-likeness (QED) is 0.735. The Hall–Kier alpha value is -0.220. The molecule has 0 aliphatic heterocycles. The summed E-state index contributed by atoms with van der Waals surface area (Å²) in [4.78, 5) is 10.9. The van der Waals surface area contributed by atoms with Gasteiger partial charge in [-0.25, -0.2) is 0 Å². The molecule has 15 heavy (non-hydrogen) atoms. The first-order valence-corrected chi connectivity index (χ1v) is 6.86. The lowest BCUT2D eigenvalue weighted by Gasteiger charge is -2.22. The molecule has 4 heteroatoms. The Balaban J connectivity index is 2.22. The van der Waals surface area contributed by atoms with Crippen molar-refractivity contribution in [3.8, 4) is 0 Å². The van der Waals surface area contributed by atoms with Gasteiger partial charge in [0.15, 0.2) is 0 Å². The van der Waals surface area contributed by atoms with Crippen LogP contribution in [0.2, 0.25) is 0 Å². The smallest absolute Gasteiger partial charge is 0.321 e. The van der Waals surface area contributed by atoms with Crippen LogP contribution in [0, 0.1) is 0 Å². The van der Waals surface area contributed by atoms with E-state index in [2.05, 4.69) is 5.32 Å². The molecule has 2 N–H and O–H groups in total. The Morgan fingerprint density at radius 2 is 2.13 bits per heavy atom. The van der Waals surface area contributed by atoms with Crippen LogP contribution in [-0.2, 0) is 4.79 Å². The minimum atomic E-state index is -0.722. The van der Waals surface area contributed by atoms with Gasteiger partial charge in [-0.1, -0.05) is 26.2 Å². The van der Waals surface area contributed by atoms with Crippen molar-refractivity contribution in [3.63, 3.8) is 0 Å². The number of likely N-dealkylation sites (N-methyl/N-ethyl adjacent to an activating group) is 1. The van der Waals surface area contributed by atoms with Gasteiger partial charge in [0.25, 0.3) is 0 Å². The second kappa shape index (κ2) is 7.12. The van der Waals surface area contributed by atoms with Crippen LogP contribution in [0.25, 0.3) is 0 Å². The molecule has 0 radical (unpaired) electrons. The van der Waals surface area contributed by atoms with Crippen molar-refractivity contribution in [1.82, 2.24) is 5.32 Å². The van der Waals surface area contributed by atoms with E-state index in [4.69, 9.17) is 5.11 Å². The zero-order valence-corrected chi connectivity index (χ0v) is 10.2. The van der Waals surface area contributed by atoms with E-state index in [-0.39, 0.29) is 6.04 Å². The highest BCUT2D eigenvalue weighted by molar-refractivity contribution is 7.99. The van der Waals surface area contributed by atoms with Crippen molar-refractivity contribution < 1.29 is 9.90 Å². The molecule has 0 aromatic rings. The van der Waals surface area contributed by atoms with Crippen molar-refractivity contribution in [2.24, 2.45) is 0 Å². The van der Waals surface area contributed by atoms with Crippen LogP contribution in [0.4, 0.5) is 0 Å².